The van der Waals surface area contributed by atoms with Crippen molar-refractivity contribution in [1.82, 2.24) is 10.3 Å². The lowest BCUT2D eigenvalue weighted by Gasteiger charge is -2.14. The van der Waals surface area contributed by atoms with E-state index in [1.807, 2.05) is 0 Å². The van der Waals surface area contributed by atoms with Crippen LogP contribution in [0.1, 0.15) is 5.56 Å². The molecule has 17 heavy (non-hydrogen) atoms. The van der Waals surface area contributed by atoms with Crippen molar-refractivity contribution in [2.45, 2.75) is 18.6 Å². The molecule has 0 aliphatic heterocycles. The van der Waals surface area contributed by atoms with Gasteiger partial charge >= 0.3 is 18.1 Å². The van der Waals surface area contributed by atoms with Gasteiger partial charge in [-0.2, -0.15) is 13.2 Å². The van der Waals surface area contributed by atoms with Crippen molar-refractivity contribution in [2.24, 2.45) is 0 Å². The Hall–Kier alpha value is -1.99. The summed E-state index contributed by atoms with van der Waals surface area (Å²) < 4.78 is 35.8. The first-order chi connectivity index (χ1) is 7.80. The molecule has 0 radical (unpaired) electrons. The van der Waals surface area contributed by atoms with Crippen molar-refractivity contribution in [3.8, 4) is 0 Å². The van der Waals surface area contributed by atoms with Gasteiger partial charge < -0.3 is 15.4 Å². The van der Waals surface area contributed by atoms with Crippen molar-refractivity contribution < 1.29 is 27.9 Å². The quantitative estimate of drug-likeness (QED) is 0.735. The van der Waals surface area contributed by atoms with Crippen LogP contribution in [0.3, 0.4) is 0 Å². The molecule has 1 aromatic heterocycles. The fourth-order valence-corrected chi connectivity index (χ4v) is 1.16. The van der Waals surface area contributed by atoms with E-state index in [2.05, 4.69) is 4.98 Å². The molecular formula is C9H9F3N2O3. The molecule has 1 atom stereocenters. The van der Waals surface area contributed by atoms with Gasteiger partial charge in [0.05, 0.1) is 0 Å². The summed E-state index contributed by atoms with van der Waals surface area (Å²) in [6, 6.07) is -0.102. The second kappa shape index (κ2) is 4.89. The number of alkyl halides is 3. The number of aromatic amines is 1. The molecule has 0 saturated heterocycles. The van der Waals surface area contributed by atoms with Gasteiger partial charge in [-0.1, -0.05) is 0 Å². The van der Waals surface area contributed by atoms with Crippen molar-refractivity contribution in [1.29, 1.82) is 0 Å². The topological polar surface area (TPSA) is 82.2 Å². The summed E-state index contributed by atoms with van der Waals surface area (Å²) in [5, 5.41) is 10.1. The smallest absolute Gasteiger partial charge is 0.471 e. The van der Waals surface area contributed by atoms with E-state index in [-0.39, 0.29) is 6.42 Å². The first-order valence-corrected chi connectivity index (χ1v) is 4.53. The zero-order valence-electron chi connectivity index (χ0n) is 8.41. The fourth-order valence-electron chi connectivity index (χ4n) is 1.16. The summed E-state index contributed by atoms with van der Waals surface area (Å²) in [4.78, 5) is 23.9. The second-order valence-corrected chi connectivity index (χ2v) is 3.29. The van der Waals surface area contributed by atoms with Gasteiger partial charge in [-0.25, -0.2) is 4.79 Å². The molecule has 0 saturated carbocycles. The summed E-state index contributed by atoms with van der Waals surface area (Å²) in [5.74, 6) is -3.79. The Bertz CT molecular complexity index is 400. The van der Waals surface area contributed by atoms with Crippen molar-refractivity contribution in [3.05, 3.63) is 24.0 Å². The van der Waals surface area contributed by atoms with Crippen LogP contribution < -0.4 is 5.32 Å². The number of halogens is 3. The normalized spacial score (nSPS) is 13.1. The van der Waals surface area contributed by atoms with Gasteiger partial charge in [0.1, 0.15) is 6.04 Å². The van der Waals surface area contributed by atoms with E-state index in [1.165, 1.54) is 23.8 Å². The van der Waals surface area contributed by atoms with Gasteiger partial charge in [0.25, 0.3) is 0 Å². The van der Waals surface area contributed by atoms with E-state index in [0.29, 0.717) is 5.56 Å². The highest BCUT2D eigenvalue weighted by Gasteiger charge is 2.40. The summed E-state index contributed by atoms with van der Waals surface area (Å²) in [7, 11) is 0. The molecule has 1 rings (SSSR count). The third kappa shape index (κ3) is 3.82. The third-order valence-electron chi connectivity index (χ3n) is 1.96. The Kier molecular flexibility index (Phi) is 3.77. The summed E-state index contributed by atoms with van der Waals surface area (Å²) in [6.45, 7) is 0. The number of carboxylic acids is 1. The first-order valence-electron chi connectivity index (χ1n) is 4.53. The van der Waals surface area contributed by atoms with E-state index in [1.54, 1.807) is 0 Å². The maximum Gasteiger partial charge on any atom is 0.471 e. The molecular weight excluding hydrogens is 241 g/mol. The standard InChI is InChI=1S/C9H9F3N2O3/c10-9(11,12)8(17)14-6(7(15)16)3-5-1-2-13-4-5/h1-2,4,6,13H,3H2,(H,14,17)(H,15,16). The number of hydrogen-bond donors (Lipinski definition) is 3. The Morgan fingerprint density at radius 3 is 2.53 bits per heavy atom. The van der Waals surface area contributed by atoms with Crippen LogP contribution in [0, 0.1) is 0 Å². The van der Waals surface area contributed by atoms with E-state index >= 15 is 0 Å². The minimum absolute atomic E-state index is 0.222. The third-order valence-corrected chi connectivity index (χ3v) is 1.96. The highest BCUT2D eigenvalue weighted by atomic mass is 19.4. The van der Waals surface area contributed by atoms with Gasteiger partial charge in [-0.3, -0.25) is 4.79 Å². The highest BCUT2D eigenvalue weighted by molar-refractivity contribution is 5.87. The molecule has 0 spiro atoms. The van der Waals surface area contributed by atoms with Crippen LogP contribution >= 0.6 is 0 Å². The van der Waals surface area contributed by atoms with Crippen molar-refractivity contribution >= 4 is 11.9 Å². The van der Waals surface area contributed by atoms with Crippen LogP contribution in [0.5, 0.6) is 0 Å². The van der Waals surface area contributed by atoms with Gasteiger partial charge in [-0.15, -0.1) is 0 Å². The Balaban J connectivity index is 2.68. The minimum atomic E-state index is -5.09. The Morgan fingerprint density at radius 2 is 2.12 bits per heavy atom. The fraction of sp³-hybridized carbons (Fsp3) is 0.333. The predicted molar refractivity (Wildman–Crippen MR) is 50.1 cm³/mol. The Labute approximate surface area is 93.6 Å². The van der Waals surface area contributed by atoms with Gasteiger partial charge in [0.2, 0.25) is 0 Å². The zero-order valence-corrected chi connectivity index (χ0v) is 8.41. The SMILES string of the molecule is O=C(O)C(Cc1cc[nH]c1)NC(=O)C(F)(F)F. The van der Waals surface area contributed by atoms with Crippen molar-refractivity contribution in [2.75, 3.05) is 0 Å². The largest absolute Gasteiger partial charge is 0.480 e. The number of rotatable bonds is 4. The summed E-state index contributed by atoms with van der Waals surface area (Å²) in [5.41, 5.74) is 0.486. The lowest BCUT2D eigenvalue weighted by Crippen LogP contribution is -2.47. The number of nitrogens with one attached hydrogen (secondary N) is 2. The molecule has 1 heterocycles. The molecule has 0 aliphatic carbocycles. The van der Waals surface area contributed by atoms with E-state index in [4.69, 9.17) is 5.11 Å². The lowest BCUT2D eigenvalue weighted by atomic mass is 10.1. The van der Waals surface area contributed by atoms with Crippen LogP contribution in [0.25, 0.3) is 0 Å². The van der Waals surface area contributed by atoms with Gasteiger partial charge in [0, 0.05) is 18.8 Å². The van der Waals surface area contributed by atoms with Crippen LogP contribution in [0.15, 0.2) is 18.5 Å². The van der Waals surface area contributed by atoms with Crippen LogP contribution in [-0.2, 0) is 16.0 Å². The maximum atomic E-state index is 11.9. The summed E-state index contributed by atoms with van der Waals surface area (Å²) in [6.07, 6.45) is -2.37. The molecule has 8 heteroatoms. The highest BCUT2D eigenvalue weighted by Crippen LogP contribution is 2.15. The summed E-state index contributed by atoms with van der Waals surface area (Å²) >= 11 is 0. The van der Waals surface area contributed by atoms with Crippen LogP contribution in [0.4, 0.5) is 13.2 Å². The number of carboxylic acid groups (broad SMARTS) is 1. The molecule has 5 nitrogen and oxygen atoms in total. The first kappa shape index (κ1) is 13.1. The number of carbonyl (C=O) groups excluding carboxylic acids is 1. The van der Waals surface area contributed by atoms with Crippen LogP contribution in [0.2, 0.25) is 0 Å². The number of carbonyl (C=O) groups is 2. The molecule has 0 aliphatic rings. The number of amides is 1. The van der Waals surface area contributed by atoms with E-state index in [0.717, 1.165) is 0 Å². The molecule has 1 unspecified atom stereocenters. The number of H-pyrrole nitrogens is 1. The minimum Gasteiger partial charge on any atom is -0.480 e. The van der Waals surface area contributed by atoms with Crippen LogP contribution in [-0.4, -0.2) is 34.2 Å². The lowest BCUT2D eigenvalue weighted by molar-refractivity contribution is -0.175. The molecule has 1 amide bonds. The number of aliphatic carboxylic acids is 1. The average molecular weight is 250 g/mol. The molecule has 94 valence electrons. The molecule has 0 fully saturated rings. The number of hydrogen-bond acceptors (Lipinski definition) is 2. The van der Waals surface area contributed by atoms with Gasteiger partial charge in [0.15, 0.2) is 0 Å². The number of aromatic nitrogens is 1. The maximum absolute atomic E-state index is 11.9. The second-order valence-electron chi connectivity index (χ2n) is 3.29. The zero-order chi connectivity index (χ0) is 13.1. The van der Waals surface area contributed by atoms with E-state index < -0.39 is 24.1 Å². The molecule has 0 bridgehead atoms. The predicted octanol–water partition coefficient (Wildman–Crippen LogP) is 0.689. The monoisotopic (exact) mass is 250 g/mol. The van der Waals surface area contributed by atoms with Crippen molar-refractivity contribution in [3.63, 3.8) is 0 Å². The van der Waals surface area contributed by atoms with E-state index in [9.17, 15) is 22.8 Å². The van der Waals surface area contributed by atoms with Gasteiger partial charge in [-0.05, 0) is 11.6 Å². The average Bonchev–Trinajstić information content (AvgIpc) is 2.67. The molecule has 3 N–H and O–H groups in total. The molecule has 1 aromatic rings. The molecule has 0 aromatic carbocycles. The Morgan fingerprint density at radius 1 is 1.47 bits per heavy atom.